The number of hydrogen-bond acceptors (Lipinski definition) is 7. The summed E-state index contributed by atoms with van der Waals surface area (Å²) < 4.78 is 5.43. The van der Waals surface area contributed by atoms with Crippen molar-refractivity contribution in [1.29, 1.82) is 0 Å². The van der Waals surface area contributed by atoms with Gasteiger partial charge in [-0.25, -0.2) is 4.98 Å². The maximum absolute atomic E-state index is 5.43. The van der Waals surface area contributed by atoms with Gasteiger partial charge in [0.15, 0.2) is 0 Å². The van der Waals surface area contributed by atoms with Gasteiger partial charge in [-0.1, -0.05) is 11.2 Å². The van der Waals surface area contributed by atoms with Gasteiger partial charge in [-0.15, -0.1) is 0 Å². The topological polar surface area (TPSA) is 71.2 Å². The minimum absolute atomic E-state index is 0.499. The lowest BCUT2D eigenvalue weighted by Gasteiger charge is -2.21. The van der Waals surface area contributed by atoms with Crippen molar-refractivity contribution in [3.8, 4) is 11.4 Å². The van der Waals surface area contributed by atoms with Crippen LogP contribution < -0.4 is 4.90 Å². The first-order valence-corrected chi connectivity index (χ1v) is 9.51. The van der Waals surface area contributed by atoms with Crippen LogP contribution in [0.5, 0.6) is 0 Å². The van der Waals surface area contributed by atoms with Crippen molar-refractivity contribution in [1.82, 2.24) is 25.0 Å². The van der Waals surface area contributed by atoms with E-state index in [4.69, 9.17) is 4.52 Å². The average Bonchev–Trinajstić information content (AvgIpc) is 3.12. The zero-order valence-electron chi connectivity index (χ0n) is 16.2. The largest absolute Gasteiger partial charge is 0.355 e. The van der Waals surface area contributed by atoms with Gasteiger partial charge in [-0.3, -0.25) is 4.98 Å². The highest BCUT2D eigenvalue weighted by atomic mass is 16.5. The molecule has 1 saturated heterocycles. The van der Waals surface area contributed by atoms with E-state index >= 15 is 0 Å². The first-order chi connectivity index (χ1) is 13.7. The van der Waals surface area contributed by atoms with E-state index in [0.717, 1.165) is 55.1 Å². The van der Waals surface area contributed by atoms with Crippen molar-refractivity contribution >= 4 is 17.5 Å². The second kappa shape index (κ2) is 8.31. The maximum Gasteiger partial charge on any atom is 0.253 e. The maximum atomic E-state index is 5.43. The molecule has 7 nitrogen and oxygen atoms in total. The molecule has 144 valence electrons. The molecule has 3 aromatic rings. The molecule has 0 atom stereocenters. The van der Waals surface area contributed by atoms with Gasteiger partial charge < -0.3 is 14.3 Å². The summed E-state index contributed by atoms with van der Waals surface area (Å²) in [6, 6.07) is 7.92. The molecule has 3 aromatic heterocycles. The Morgan fingerprint density at radius 1 is 1.11 bits per heavy atom. The second-order valence-corrected chi connectivity index (χ2v) is 7.09. The van der Waals surface area contributed by atoms with Crippen LogP contribution in [0.3, 0.4) is 0 Å². The SMILES string of the molecule is C/C(=C\c1cccnc1)c1nc(-c2ccc(N3CCCN(C)CC3)nc2)no1. The van der Waals surface area contributed by atoms with E-state index in [1.807, 2.05) is 43.5 Å². The van der Waals surface area contributed by atoms with Gasteiger partial charge in [0.25, 0.3) is 5.89 Å². The summed E-state index contributed by atoms with van der Waals surface area (Å²) in [5, 5.41) is 4.11. The van der Waals surface area contributed by atoms with E-state index in [-0.39, 0.29) is 0 Å². The summed E-state index contributed by atoms with van der Waals surface area (Å²) in [5.74, 6) is 2.04. The van der Waals surface area contributed by atoms with Crippen molar-refractivity contribution in [2.24, 2.45) is 0 Å². The van der Waals surface area contributed by atoms with Gasteiger partial charge in [0, 0.05) is 49.4 Å². The molecule has 4 rings (SSSR count). The Labute approximate surface area is 164 Å². The quantitative estimate of drug-likeness (QED) is 0.692. The summed E-state index contributed by atoms with van der Waals surface area (Å²) in [7, 11) is 2.17. The first-order valence-electron chi connectivity index (χ1n) is 9.51. The highest BCUT2D eigenvalue weighted by Crippen LogP contribution is 2.22. The van der Waals surface area contributed by atoms with Crippen molar-refractivity contribution in [3.05, 3.63) is 54.3 Å². The lowest BCUT2D eigenvalue weighted by Crippen LogP contribution is -2.29. The van der Waals surface area contributed by atoms with Gasteiger partial charge in [0.05, 0.1) is 0 Å². The monoisotopic (exact) mass is 376 g/mol. The zero-order valence-corrected chi connectivity index (χ0v) is 16.2. The van der Waals surface area contributed by atoms with E-state index in [9.17, 15) is 0 Å². The van der Waals surface area contributed by atoms with Crippen LogP contribution in [0.15, 0.2) is 47.4 Å². The standard InChI is InChI=1S/C21H24N6O/c1-16(13-17-5-3-8-22-14-17)21-24-20(25-28-21)18-6-7-19(23-15-18)27-10-4-9-26(2)11-12-27/h3,5-8,13-15H,4,9-12H2,1-2H3/b16-13+. The predicted octanol–water partition coefficient (Wildman–Crippen LogP) is 3.23. The van der Waals surface area contributed by atoms with E-state index in [1.165, 1.54) is 0 Å². The van der Waals surface area contributed by atoms with Crippen molar-refractivity contribution in [2.75, 3.05) is 38.1 Å². The number of aromatic nitrogens is 4. The third-order valence-corrected chi connectivity index (χ3v) is 4.88. The van der Waals surface area contributed by atoms with Crippen molar-refractivity contribution < 1.29 is 4.52 Å². The fourth-order valence-electron chi connectivity index (χ4n) is 3.25. The molecule has 0 amide bonds. The van der Waals surface area contributed by atoms with Gasteiger partial charge in [-0.05, 0) is 56.8 Å². The van der Waals surface area contributed by atoms with E-state index in [0.29, 0.717) is 11.7 Å². The van der Waals surface area contributed by atoms with Crippen LogP contribution >= 0.6 is 0 Å². The van der Waals surface area contributed by atoms with Crippen LogP contribution in [-0.4, -0.2) is 58.2 Å². The molecule has 0 bridgehead atoms. The van der Waals surface area contributed by atoms with Crippen LogP contribution in [-0.2, 0) is 0 Å². The molecule has 4 heterocycles. The molecule has 0 aromatic carbocycles. The number of likely N-dealkylation sites (N-methyl/N-ethyl adjacent to an activating group) is 1. The molecule has 0 saturated carbocycles. The zero-order chi connectivity index (χ0) is 19.3. The Morgan fingerprint density at radius 2 is 2.04 bits per heavy atom. The molecule has 1 aliphatic rings. The highest BCUT2D eigenvalue weighted by molar-refractivity contribution is 5.76. The smallest absolute Gasteiger partial charge is 0.253 e. The number of hydrogen-bond donors (Lipinski definition) is 0. The second-order valence-electron chi connectivity index (χ2n) is 7.09. The molecule has 1 fully saturated rings. The molecule has 0 radical (unpaired) electrons. The summed E-state index contributed by atoms with van der Waals surface area (Å²) >= 11 is 0. The predicted molar refractivity (Wildman–Crippen MR) is 110 cm³/mol. The molecule has 0 N–H and O–H groups in total. The third-order valence-electron chi connectivity index (χ3n) is 4.88. The van der Waals surface area contributed by atoms with Crippen molar-refractivity contribution in [3.63, 3.8) is 0 Å². The first kappa shape index (κ1) is 18.3. The van der Waals surface area contributed by atoms with Gasteiger partial charge in [0.2, 0.25) is 5.82 Å². The normalized spacial score (nSPS) is 16.2. The minimum atomic E-state index is 0.499. The number of nitrogens with zero attached hydrogens (tertiary/aromatic N) is 6. The van der Waals surface area contributed by atoms with Crippen LogP contribution in [0.1, 0.15) is 24.8 Å². The Hall–Kier alpha value is -3.06. The van der Waals surface area contributed by atoms with Gasteiger partial charge in [0.1, 0.15) is 5.82 Å². The van der Waals surface area contributed by atoms with Crippen LogP contribution in [0, 0.1) is 0 Å². The highest BCUT2D eigenvalue weighted by Gasteiger charge is 2.15. The molecule has 0 unspecified atom stereocenters. The summed E-state index contributed by atoms with van der Waals surface area (Å²) in [5.41, 5.74) is 2.73. The summed E-state index contributed by atoms with van der Waals surface area (Å²) in [6.07, 6.45) is 8.49. The lowest BCUT2D eigenvalue weighted by atomic mass is 10.2. The Balaban J connectivity index is 1.49. The minimum Gasteiger partial charge on any atom is -0.355 e. The van der Waals surface area contributed by atoms with Crippen LogP contribution in [0.4, 0.5) is 5.82 Å². The van der Waals surface area contributed by atoms with Gasteiger partial charge >= 0.3 is 0 Å². The third kappa shape index (κ3) is 4.26. The molecule has 0 aliphatic carbocycles. The fraction of sp³-hybridized carbons (Fsp3) is 0.333. The molecular formula is C21H24N6O. The summed E-state index contributed by atoms with van der Waals surface area (Å²) in [6.45, 7) is 6.16. The van der Waals surface area contributed by atoms with E-state index in [1.54, 1.807) is 12.4 Å². The van der Waals surface area contributed by atoms with Crippen LogP contribution in [0.25, 0.3) is 23.0 Å². The fourth-order valence-corrected chi connectivity index (χ4v) is 3.25. The Morgan fingerprint density at radius 3 is 2.82 bits per heavy atom. The summed E-state index contributed by atoms with van der Waals surface area (Å²) in [4.78, 5) is 17.9. The van der Waals surface area contributed by atoms with Crippen LogP contribution in [0.2, 0.25) is 0 Å². The number of allylic oxidation sites excluding steroid dienone is 1. The number of anilines is 1. The lowest BCUT2D eigenvalue weighted by molar-refractivity contribution is 0.360. The Kier molecular flexibility index (Phi) is 5.43. The molecule has 1 aliphatic heterocycles. The molecular weight excluding hydrogens is 352 g/mol. The average molecular weight is 376 g/mol. The Bertz CT molecular complexity index is 935. The number of pyridine rings is 2. The molecule has 0 spiro atoms. The number of rotatable bonds is 4. The molecule has 7 heteroatoms. The van der Waals surface area contributed by atoms with Crippen molar-refractivity contribution in [2.45, 2.75) is 13.3 Å². The van der Waals surface area contributed by atoms with Gasteiger partial charge in [-0.2, -0.15) is 4.98 Å². The molecule has 28 heavy (non-hydrogen) atoms. The van der Waals surface area contributed by atoms with E-state index in [2.05, 4.69) is 37.0 Å². The van der Waals surface area contributed by atoms with E-state index < -0.39 is 0 Å².